The lowest BCUT2D eigenvalue weighted by Crippen LogP contribution is -2.23. The molecule has 2 aromatic rings. The molecule has 0 heterocycles. The summed E-state index contributed by atoms with van der Waals surface area (Å²) in [6, 6.07) is 22.4. The number of unbranched alkanes of at least 4 members (excludes halogenated alkanes) is 1. The fraction of sp³-hybridized carbons (Fsp3) is 0.400. The van der Waals surface area contributed by atoms with E-state index >= 15 is 0 Å². The van der Waals surface area contributed by atoms with Gasteiger partial charge in [0, 0.05) is 12.0 Å². The Morgan fingerprint density at radius 2 is 1.29 bits per heavy atom. The molecule has 112 valence electrons. The molecule has 0 atom stereocenters. The van der Waals surface area contributed by atoms with Crippen LogP contribution in [0.5, 0.6) is 0 Å². The van der Waals surface area contributed by atoms with Crippen molar-refractivity contribution in [2.75, 3.05) is 6.54 Å². The van der Waals surface area contributed by atoms with Gasteiger partial charge in [-0.2, -0.15) is 0 Å². The molecule has 0 saturated carbocycles. The minimum Gasteiger partial charge on any atom is -0.315 e. The van der Waals surface area contributed by atoms with Crippen LogP contribution >= 0.6 is 0 Å². The van der Waals surface area contributed by atoms with Crippen molar-refractivity contribution in [3.05, 3.63) is 71.8 Å². The molecule has 0 unspecified atom stereocenters. The Hall–Kier alpha value is -1.60. The van der Waals surface area contributed by atoms with Gasteiger partial charge < -0.3 is 5.32 Å². The van der Waals surface area contributed by atoms with Crippen molar-refractivity contribution < 1.29 is 0 Å². The van der Waals surface area contributed by atoms with Crippen LogP contribution in [-0.4, -0.2) is 12.6 Å². The van der Waals surface area contributed by atoms with Crippen LogP contribution in [0.1, 0.15) is 50.2 Å². The first-order valence-corrected chi connectivity index (χ1v) is 8.10. The lowest BCUT2D eigenvalue weighted by Gasteiger charge is -2.18. The Balaban J connectivity index is 1.97. The molecule has 2 aromatic carbocycles. The highest BCUT2D eigenvalue weighted by molar-refractivity contribution is 5.32. The summed E-state index contributed by atoms with van der Waals surface area (Å²) in [4.78, 5) is 0. The number of hydrogen-bond acceptors (Lipinski definition) is 1. The van der Waals surface area contributed by atoms with Gasteiger partial charge in [-0.3, -0.25) is 0 Å². The van der Waals surface area contributed by atoms with Gasteiger partial charge in [0.25, 0.3) is 0 Å². The maximum Gasteiger partial charge on any atom is 0.00893 e. The van der Waals surface area contributed by atoms with Gasteiger partial charge in [-0.25, -0.2) is 0 Å². The highest BCUT2D eigenvalue weighted by atomic mass is 14.9. The Kier molecular flexibility index (Phi) is 6.49. The van der Waals surface area contributed by atoms with Crippen LogP contribution in [0.25, 0.3) is 0 Å². The lowest BCUT2D eigenvalue weighted by atomic mass is 9.87. The van der Waals surface area contributed by atoms with Crippen LogP contribution < -0.4 is 5.32 Å². The van der Waals surface area contributed by atoms with Gasteiger partial charge in [0.05, 0.1) is 0 Å². The van der Waals surface area contributed by atoms with Gasteiger partial charge in [-0.1, -0.05) is 80.9 Å². The van der Waals surface area contributed by atoms with E-state index in [0.29, 0.717) is 12.0 Å². The molecule has 1 nitrogen and oxygen atoms in total. The smallest absolute Gasteiger partial charge is 0.00893 e. The predicted octanol–water partition coefficient (Wildman–Crippen LogP) is 4.99. The van der Waals surface area contributed by atoms with Gasteiger partial charge in [0.2, 0.25) is 0 Å². The molecule has 0 aliphatic rings. The van der Waals surface area contributed by atoms with Crippen molar-refractivity contribution in [2.45, 2.75) is 45.1 Å². The van der Waals surface area contributed by atoms with Crippen molar-refractivity contribution in [1.29, 1.82) is 0 Å². The second kappa shape index (κ2) is 8.63. The van der Waals surface area contributed by atoms with Crippen LogP contribution in [0.3, 0.4) is 0 Å². The van der Waals surface area contributed by atoms with Crippen molar-refractivity contribution in [1.82, 2.24) is 5.32 Å². The van der Waals surface area contributed by atoms with E-state index in [2.05, 4.69) is 79.8 Å². The summed E-state index contributed by atoms with van der Waals surface area (Å²) < 4.78 is 0. The molecule has 2 rings (SSSR count). The van der Waals surface area contributed by atoms with E-state index in [1.807, 2.05) is 0 Å². The molecule has 0 radical (unpaired) electrons. The largest absolute Gasteiger partial charge is 0.315 e. The molecule has 0 aromatic heterocycles. The quantitative estimate of drug-likeness (QED) is 0.672. The normalized spacial score (nSPS) is 11.2. The summed E-state index contributed by atoms with van der Waals surface area (Å²) in [5.41, 5.74) is 2.86. The maximum absolute atomic E-state index is 3.50. The molecule has 0 spiro atoms. The molecule has 0 fully saturated rings. The van der Waals surface area contributed by atoms with Gasteiger partial charge in [0.1, 0.15) is 0 Å². The molecule has 0 saturated heterocycles. The second-order valence-electron chi connectivity index (χ2n) is 5.98. The van der Waals surface area contributed by atoms with Crippen molar-refractivity contribution in [3.8, 4) is 0 Å². The van der Waals surface area contributed by atoms with Crippen LogP contribution in [0.2, 0.25) is 0 Å². The minimum atomic E-state index is 0.520. The first kappa shape index (κ1) is 15.8. The topological polar surface area (TPSA) is 12.0 Å². The van der Waals surface area contributed by atoms with Crippen molar-refractivity contribution in [2.24, 2.45) is 0 Å². The van der Waals surface area contributed by atoms with Crippen molar-refractivity contribution >= 4 is 0 Å². The highest BCUT2D eigenvalue weighted by Gasteiger charge is 2.13. The van der Waals surface area contributed by atoms with Crippen LogP contribution in [0.15, 0.2) is 60.7 Å². The highest BCUT2D eigenvalue weighted by Crippen LogP contribution is 2.29. The zero-order valence-electron chi connectivity index (χ0n) is 13.3. The van der Waals surface area contributed by atoms with Gasteiger partial charge >= 0.3 is 0 Å². The third-order valence-corrected chi connectivity index (χ3v) is 3.88. The van der Waals surface area contributed by atoms with E-state index < -0.39 is 0 Å². The fourth-order valence-electron chi connectivity index (χ4n) is 2.76. The van der Waals surface area contributed by atoms with Crippen LogP contribution in [-0.2, 0) is 0 Å². The van der Waals surface area contributed by atoms with E-state index in [1.54, 1.807) is 0 Å². The van der Waals surface area contributed by atoms with Gasteiger partial charge in [-0.05, 0) is 30.5 Å². The minimum absolute atomic E-state index is 0.520. The molecule has 0 aliphatic carbocycles. The first-order chi connectivity index (χ1) is 10.3. The molecule has 0 amide bonds. The number of hydrogen-bond donors (Lipinski definition) is 1. The fourth-order valence-corrected chi connectivity index (χ4v) is 2.76. The second-order valence-corrected chi connectivity index (χ2v) is 5.98. The van der Waals surface area contributed by atoms with Crippen molar-refractivity contribution in [3.63, 3.8) is 0 Å². The van der Waals surface area contributed by atoms with E-state index in [-0.39, 0.29) is 0 Å². The molecular weight excluding hydrogens is 254 g/mol. The zero-order valence-corrected chi connectivity index (χ0v) is 13.3. The summed E-state index contributed by atoms with van der Waals surface area (Å²) in [6.07, 6.45) is 3.72. The molecule has 0 aliphatic heterocycles. The first-order valence-electron chi connectivity index (χ1n) is 8.10. The summed E-state index contributed by atoms with van der Waals surface area (Å²) in [5, 5.41) is 3.50. The van der Waals surface area contributed by atoms with E-state index in [4.69, 9.17) is 0 Å². The van der Waals surface area contributed by atoms with E-state index in [9.17, 15) is 0 Å². The molecule has 21 heavy (non-hydrogen) atoms. The molecular formula is C20H27N. The molecule has 0 bridgehead atoms. The van der Waals surface area contributed by atoms with Crippen LogP contribution in [0.4, 0.5) is 0 Å². The SMILES string of the molecule is CC(C)NCCCCC(c1ccccc1)c1ccccc1. The number of rotatable bonds is 8. The third-order valence-electron chi connectivity index (χ3n) is 3.88. The van der Waals surface area contributed by atoms with E-state index in [0.717, 1.165) is 6.54 Å². The van der Waals surface area contributed by atoms with Gasteiger partial charge in [-0.15, -0.1) is 0 Å². The Bertz CT molecular complexity index is 450. The average Bonchev–Trinajstić information content (AvgIpc) is 2.52. The monoisotopic (exact) mass is 281 g/mol. The number of benzene rings is 2. The number of nitrogens with one attached hydrogen (secondary N) is 1. The lowest BCUT2D eigenvalue weighted by molar-refractivity contribution is 0.537. The van der Waals surface area contributed by atoms with Crippen LogP contribution in [0, 0.1) is 0 Å². The average molecular weight is 281 g/mol. The van der Waals surface area contributed by atoms with Gasteiger partial charge in [0.15, 0.2) is 0 Å². The summed E-state index contributed by atoms with van der Waals surface area (Å²) >= 11 is 0. The Labute approximate surface area is 129 Å². The maximum atomic E-state index is 3.50. The Morgan fingerprint density at radius 1 is 0.762 bits per heavy atom. The summed E-state index contributed by atoms with van der Waals surface area (Å²) in [6.45, 7) is 5.53. The Morgan fingerprint density at radius 3 is 1.76 bits per heavy atom. The third kappa shape index (κ3) is 5.35. The predicted molar refractivity (Wildman–Crippen MR) is 91.7 cm³/mol. The molecule has 1 N–H and O–H groups in total. The standard InChI is InChI=1S/C20H27N/c1-17(2)21-16-10-9-15-20(18-11-5-3-6-12-18)19-13-7-4-8-14-19/h3-8,11-14,17,20-21H,9-10,15-16H2,1-2H3. The zero-order chi connectivity index (χ0) is 14.9. The summed E-state index contributed by atoms with van der Waals surface area (Å²) in [7, 11) is 0. The molecule has 1 heteroatoms. The summed E-state index contributed by atoms with van der Waals surface area (Å²) in [5.74, 6) is 0.520. The van der Waals surface area contributed by atoms with E-state index in [1.165, 1.54) is 30.4 Å².